The Kier molecular flexibility index (Phi) is 12.6. The number of amides is 2. The van der Waals surface area contributed by atoms with Gasteiger partial charge in [0.05, 0.1) is 0 Å². The van der Waals surface area contributed by atoms with E-state index in [9.17, 15) is 14.4 Å². The summed E-state index contributed by atoms with van der Waals surface area (Å²) in [5.74, 6) is 1.92. The van der Waals surface area contributed by atoms with Gasteiger partial charge in [-0.25, -0.2) is 19.9 Å². The number of nitrogens with zero attached hydrogens (tertiary/aromatic N) is 9. The highest BCUT2D eigenvalue weighted by molar-refractivity contribution is 6.00. The Labute approximate surface area is 353 Å². The Bertz CT molecular complexity index is 2470. The van der Waals surface area contributed by atoms with Gasteiger partial charge in [-0.15, -0.1) is 0 Å². The van der Waals surface area contributed by atoms with Crippen molar-refractivity contribution in [1.82, 2.24) is 29.9 Å². The standard InChI is InChI=1S/C45H47N13O3/c1-31(59)38-15-5-6-16-39(38)56-23-25-58(26-24-56)45-49-30-47-43(55-45)53-37-14-8-12-35(28-37)51-41(61)18-17-40(60)50-34-11-7-13-36(27-34)52-42-46-29-48-44(54-42)57-21-19-33(20-22-57)32-9-3-2-4-10-32/h2-16,27-30,33H,17-26H2,1H3,(H,50,60)(H,51,61)(H,46,48,52,54)(H,47,49,53,55). The zero-order valence-electron chi connectivity index (χ0n) is 33.9. The number of para-hydroxylation sites is 1. The molecule has 61 heavy (non-hydrogen) atoms. The number of piperazine rings is 1. The fourth-order valence-corrected chi connectivity index (χ4v) is 7.61. The number of nitrogens with one attached hydrogen (secondary N) is 4. The third-order valence-corrected chi connectivity index (χ3v) is 10.7. The Hall–Kier alpha value is -7.49. The summed E-state index contributed by atoms with van der Waals surface area (Å²) in [5.41, 5.74) is 5.53. The van der Waals surface area contributed by atoms with Gasteiger partial charge in [-0.1, -0.05) is 54.6 Å². The van der Waals surface area contributed by atoms with E-state index in [0.29, 0.717) is 78.6 Å². The average Bonchev–Trinajstić information content (AvgIpc) is 3.29. The van der Waals surface area contributed by atoms with Crippen LogP contribution in [0.2, 0.25) is 0 Å². The molecule has 0 spiro atoms. The van der Waals surface area contributed by atoms with E-state index in [-0.39, 0.29) is 30.4 Å². The molecule has 2 amide bonds. The SMILES string of the molecule is CC(=O)c1ccccc1N1CCN(c2ncnc(Nc3cccc(NC(=O)CCC(=O)Nc4cccc(Nc5ncnc(N6CCC(c7ccccc7)CC6)n5)c4)c3)n2)CC1. The van der Waals surface area contributed by atoms with Crippen molar-refractivity contribution < 1.29 is 14.4 Å². The van der Waals surface area contributed by atoms with Gasteiger partial charge in [0.1, 0.15) is 12.7 Å². The first-order valence-corrected chi connectivity index (χ1v) is 20.4. The smallest absolute Gasteiger partial charge is 0.231 e. The summed E-state index contributed by atoms with van der Waals surface area (Å²) in [7, 11) is 0. The van der Waals surface area contributed by atoms with Crippen LogP contribution in [0, 0.1) is 0 Å². The molecule has 2 saturated heterocycles. The number of benzene rings is 4. The van der Waals surface area contributed by atoms with Crippen molar-refractivity contribution in [3.8, 4) is 0 Å². The number of Topliss-reactive ketones (excluding diaryl/α,β-unsaturated/α-hetero) is 1. The molecule has 2 aliphatic heterocycles. The van der Waals surface area contributed by atoms with Crippen LogP contribution in [0.15, 0.2) is 116 Å². The van der Waals surface area contributed by atoms with Gasteiger partial charge in [0.15, 0.2) is 5.78 Å². The minimum Gasteiger partial charge on any atom is -0.367 e. The van der Waals surface area contributed by atoms with Crippen LogP contribution in [-0.4, -0.2) is 86.8 Å². The van der Waals surface area contributed by atoms with Gasteiger partial charge in [0, 0.05) is 86.1 Å². The third kappa shape index (κ3) is 10.6. The molecule has 8 rings (SSSR count). The third-order valence-electron chi connectivity index (χ3n) is 10.7. The molecule has 4 aromatic carbocycles. The molecule has 16 heteroatoms. The lowest BCUT2D eigenvalue weighted by molar-refractivity contribution is -0.121. The molecule has 0 aliphatic carbocycles. The van der Waals surface area contributed by atoms with Gasteiger partial charge in [0.25, 0.3) is 0 Å². The number of anilines is 9. The van der Waals surface area contributed by atoms with Gasteiger partial charge >= 0.3 is 0 Å². The van der Waals surface area contributed by atoms with E-state index in [1.165, 1.54) is 18.2 Å². The zero-order valence-corrected chi connectivity index (χ0v) is 33.9. The van der Waals surface area contributed by atoms with Crippen molar-refractivity contribution in [1.29, 1.82) is 0 Å². The van der Waals surface area contributed by atoms with Crippen LogP contribution in [-0.2, 0) is 9.59 Å². The number of hydrogen-bond acceptors (Lipinski definition) is 14. The van der Waals surface area contributed by atoms with E-state index in [4.69, 9.17) is 0 Å². The Morgan fingerprint density at radius 1 is 0.557 bits per heavy atom. The second-order valence-corrected chi connectivity index (χ2v) is 14.9. The van der Waals surface area contributed by atoms with Gasteiger partial charge < -0.3 is 36.0 Å². The first-order valence-electron chi connectivity index (χ1n) is 20.4. The fraction of sp³-hybridized carbons (Fsp3) is 0.267. The second kappa shape index (κ2) is 19.1. The monoisotopic (exact) mass is 817 g/mol. The molecular weight excluding hydrogens is 771 g/mol. The van der Waals surface area contributed by atoms with Crippen LogP contribution >= 0.6 is 0 Å². The van der Waals surface area contributed by atoms with Crippen molar-refractivity contribution >= 4 is 69.8 Å². The summed E-state index contributed by atoms with van der Waals surface area (Å²) in [6, 6.07) is 32.7. The summed E-state index contributed by atoms with van der Waals surface area (Å²) >= 11 is 0. The van der Waals surface area contributed by atoms with Crippen molar-refractivity contribution in [2.45, 2.75) is 38.5 Å². The van der Waals surface area contributed by atoms with Crippen molar-refractivity contribution in [3.63, 3.8) is 0 Å². The summed E-state index contributed by atoms with van der Waals surface area (Å²) < 4.78 is 0. The molecule has 16 nitrogen and oxygen atoms in total. The predicted molar refractivity (Wildman–Crippen MR) is 237 cm³/mol. The normalized spacial score (nSPS) is 14.3. The largest absolute Gasteiger partial charge is 0.367 e. The minimum atomic E-state index is -0.301. The maximum Gasteiger partial charge on any atom is 0.231 e. The number of ketones is 1. The van der Waals surface area contributed by atoms with Crippen LogP contribution in [0.5, 0.6) is 0 Å². The highest BCUT2D eigenvalue weighted by atomic mass is 16.2. The molecular formula is C45H47N13O3. The van der Waals surface area contributed by atoms with Crippen molar-refractivity contribution in [2.75, 3.05) is 75.2 Å². The minimum absolute atomic E-state index is 0.00957. The molecule has 0 radical (unpaired) electrons. The molecule has 6 aromatic rings. The molecule has 2 aliphatic rings. The number of piperidine rings is 1. The van der Waals surface area contributed by atoms with Gasteiger partial charge in [-0.3, -0.25) is 14.4 Å². The first kappa shape index (κ1) is 40.3. The summed E-state index contributed by atoms with van der Waals surface area (Å²) in [6.45, 7) is 6.09. The molecule has 2 aromatic heterocycles. The van der Waals surface area contributed by atoms with E-state index >= 15 is 0 Å². The van der Waals surface area contributed by atoms with Crippen molar-refractivity contribution in [3.05, 3.63) is 127 Å². The number of hydrogen-bond donors (Lipinski definition) is 4. The molecule has 0 unspecified atom stereocenters. The number of rotatable bonds is 14. The summed E-state index contributed by atoms with van der Waals surface area (Å²) in [6.07, 6.45) is 5.01. The van der Waals surface area contributed by atoms with Gasteiger partial charge in [-0.2, -0.15) is 9.97 Å². The molecule has 310 valence electrons. The lowest BCUT2D eigenvalue weighted by Crippen LogP contribution is -2.47. The van der Waals surface area contributed by atoms with E-state index < -0.39 is 0 Å². The fourth-order valence-electron chi connectivity index (χ4n) is 7.61. The van der Waals surface area contributed by atoms with Crippen LogP contribution in [0.3, 0.4) is 0 Å². The highest BCUT2D eigenvalue weighted by Gasteiger charge is 2.24. The van der Waals surface area contributed by atoms with Crippen LogP contribution in [0.4, 0.5) is 52.2 Å². The maximum atomic E-state index is 12.9. The Morgan fingerprint density at radius 2 is 1.05 bits per heavy atom. The van der Waals surface area contributed by atoms with E-state index in [0.717, 1.165) is 37.2 Å². The molecule has 4 N–H and O–H groups in total. The Balaban J connectivity index is 0.785. The van der Waals surface area contributed by atoms with Crippen LogP contribution < -0.4 is 36.0 Å². The molecule has 2 fully saturated rings. The summed E-state index contributed by atoms with van der Waals surface area (Å²) in [5, 5.41) is 12.2. The lowest BCUT2D eigenvalue weighted by atomic mass is 9.90. The highest BCUT2D eigenvalue weighted by Crippen LogP contribution is 2.30. The van der Waals surface area contributed by atoms with Gasteiger partial charge in [0.2, 0.25) is 35.6 Å². The molecule has 0 saturated carbocycles. The molecule has 0 atom stereocenters. The first-order chi connectivity index (χ1) is 29.8. The van der Waals surface area contributed by atoms with Gasteiger partial charge in [-0.05, 0) is 79.8 Å². The quantitative estimate of drug-likeness (QED) is 0.0840. The summed E-state index contributed by atoms with van der Waals surface area (Å²) in [4.78, 5) is 71.2. The number of carbonyl (C=O) groups is 3. The zero-order chi connectivity index (χ0) is 42.0. The maximum absolute atomic E-state index is 12.9. The lowest BCUT2D eigenvalue weighted by Gasteiger charge is -2.36. The molecule has 0 bridgehead atoms. The van der Waals surface area contributed by atoms with E-state index in [1.807, 2.05) is 48.5 Å². The topological polar surface area (TPSA) is 186 Å². The van der Waals surface area contributed by atoms with E-state index in [1.54, 1.807) is 37.3 Å². The molecule has 4 heterocycles. The van der Waals surface area contributed by atoms with Crippen LogP contribution in [0.1, 0.15) is 54.4 Å². The van der Waals surface area contributed by atoms with Crippen LogP contribution in [0.25, 0.3) is 0 Å². The second-order valence-electron chi connectivity index (χ2n) is 14.9. The number of carbonyl (C=O) groups excluding carboxylic acids is 3. The number of aromatic nitrogens is 6. The Morgan fingerprint density at radius 3 is 1.61 bits per heavy atom. The average molecular weight is 818 g/mol. The predicted octanol–water partition coefficient (Wildman–Crippen LogP) is 6.81. The van der Waals surface area contributed by atoms with E-state index in [2.05, 4.69) is 90.1 Å². The van der Waals surface area contributed by atoms with Crippen molar-refractivity contribution in [2.24, 2.45) is 0 Å².